The zero-order chi connectivity index (χ0) is 13.3. The average Bonchev–Trinajstić information content (AvgIpc) is 2.47. The summed E-state index contributed by atoms with van der Waals surface area (Å²) in [5, 5.41) is 0. The molecule has 5 nitrogen and oxygen atoms in total. The number of carbonyl (C=O) groups excluding carboxylic acids is 1. The molecule has 1 aromatic carbocycles. The minimum atomic E-state index is -3.40. The maximum absolute atomic E-state index is 11.8. The van der Waals surface area contributed by atoms with Gasteiger partial charge < -0.3 is 5.73 Å². The summed E-state index contributed by atoms with van der Waals surface area (Å²) in [6.45, 7) is 0.130. The van der Waals surface area contributed by atoms with Gasteiger partial charge in [-0.2, -0.15) is 0 Å². The van der Waals surface area contributed by atoms with E-state index in [1.54, 1.807) is 12.1 Å². The second-order valence-corrected chi connectivity index (χ2v) is 6.47. The molecule has 0 bridgehead atoms. The van der Waals surface area contributed by atoms with Crippen LogP contribution in [0.5, 0.6) is 0 Å². The highest BCUT2D eigenvalue weighted by Crippen LogP contribution is 2.29. The Balaban J connectivity index is 2.49. The molecule has 1 aliphatic heterocycles. The van der Waals surface area contributed by atoms with Crippen LogP contribution in [0.1, 0.15) is 12.0 Å². The number of carbonyl (C=O) groups is 1. The van der Waals surface area contributed by atoms with E-state index >= 15 is 0 Å². The van der Waals surface area contributed by atoms with E-state index in [2.05, 4.69) is 0 Å². The van der Waals surface area contributed by atoms with E-state index in [-0.39, 0.29) is 6.54 Å². The molecule has 0 saturated carbocycles. The second kappa shape index (κ2) is 4.61. The van der Waals surface area contributed by atoms with Crippen LogP contribution < -0.4 is 10.0 Å². The summed E-state index contributed by atoms with van der Waals surface area (Å²) < 4.78 is 25.0. The minimum Gasteiger partial charge on any atom is -0.369 e. The predicted octanol–water partition coefficient (Wildman–Crippen LogP) is 0.500. The van der Waals surface area contributed by atoms with Crippen LogP contribution in [0.4, 0.5) is 5.69 Å². The van der Waals surface area contributed by atoms with Gasteiger partial charge in [0.25, 0.3) is 0 Å². The zero-order valence-electron chi connectivity index (χ0n) is 10.2. The molecule has 0 radical (unpaired) electrons. The van der Waals surface area contributed by atoms with Crippen LogP contribution in [0, 0.1) is 5.92 Å². The number of nitrogens with zero attached hydrogens (tertiary/aromatic N) is 1. The first-order valence-electron chi connectivity index (χ1n) is 5.74. The lowest BCUT2D eigenvalue weighted by atomic mass is 10.0. The molecule has 1 heterocycles. The number of fused-ring (bicyclic) bond motifs is 1. The van der Waals surface area contributed by atoms with Gasteiger partial charge in [-0.15, -0.1) is 0 Å². The average molecular weight is 268 g/mol. The van der Waals surface area contributed by atoms with E-state index < -0.39 is 21.8 Å². The molecule has 1 aliphatic rings. The van der Waals surface area contributed by atoms with E-state index in [1.807, 2.05) is 12.1 Å². The van der Waals surface area contributed by atoms with Gasteiger partial charge in [0.05, 0.1) is 17.9 Å². The molecule has 1 unspecified atom stereocenters. The topological polar surface area (TPSA) is 80.5 Å². The summed E-state index contributed by atoms with van der Waals surface area (Å²) in [5.74, 6) is -0.886. The lowest BCUT2D eigenvalue weighted by Gasteiger charge is -2.24. The van der Waals surface area contributed by atoms with Crippen LogP contribution in [-0.4, -0.2) is 27.1 Å². The predicted molar refractivity (Wildman–Crippen MR) is 69.6 cm³/mol. The summed E-state index contributed by atoms with van der Waals surface area (Å²) in [7, 11) is -3.40. The van der Waals surface area contributed by atoms with Crippen molar-refractivity contribution in [3.8, 4) is 0 Å². The molecule has 0 aromatic heterocycles. The highest BCUT2D eigenvalue weighted by Gasteiger charge is 2.29. The molecular weight excluding hydrogens is 252 g/mol. The Hall–Kier alpha value is -1.56. The third-order valence-electron chi connectivity index (χ3n) is 3.21. The summed E-state index contributed by atoms with van der Waals surface area (Å²) >= 11 is 0. The van der Waals surface area contributed by atoms with Crippen molar-refractivity contribution in [2.24, 2.45) is 11.7 Å². The number of primary amides is 1. The molecule has 1 atom stereocenters. The molecule has 98 valence electrons. The zero-order valence-corrected chi connectivity index (χ0v) is 11.0. The van der Waals surface area contributed by atoms with E-state index in [9.17, 15) is 13.2 Å². The van der Waals surface area contributed by atoms with Crippen LogP contribution in [0.15, 0.2) is 24.3 Å². The van der Waals surface area contributed by atoms with Crippen LogP contribution in [-0.2, 0) is 21.2 Å². The summed E-state index contributed by atoms with van der Waals surface area (Å²) in [5.41, 5.74) is 6.91. The molecule has 2 rings (SSSR count). The molecule has 0 spiro atoms. The van der Waals surface area contributed by atoms with Crippen molar-refractivity contribution < 1.29 is 13.2 Å². The normalized spacial score (nSPS) is 20.1. The van der Waals surface area contributed by atoms with Gasteiger partial charge in [0.1, 0.15) is 0 Å². The Morgan fingerprint density at radius 2 is 2.06 bits per heavy atom. The Morgan fingerprint density at radius 1 is 1.39 bits per heavy atom. The number of benzene rings is 1. The first-order chi connectivity index (χ1) is 8.39. The number of rotatable bonds is 2. The Labute approximate surface area is 107 Å². The van der Waals surface area contributed by atoms with Crippen LogP contribution in [0.2, 0.25) is 0 Å². The first-order valence-corrected chi connectivity index (χ1v) is 7.59. The molecule has 2 N–H and O–H groups in total. The lowest BCUT2D eigenvalue weighted by molar-refractivity contribution is -0.121. The molecule has 0 aliphatic carbocycles. The van der Waals surface area contributed by atoms with Crippen LogP contribution in [0.25, 0.3) is 0 Å². The fraction of sp³-hybridized carbons (Fsp3) is 0.417. The second-order valence-electron chi connectivity index (χ2n) is 4.56. The van der Waals surface area contributed by atoms with Crippen molar-refractivity contribution in [2.75, 3.05) is 17.1 Å². The van der Waals surface area contributed by atoms with Crippen LogP contribution >= 0.6 is 0 Å². The van der Waals surface area contributed by atoms with Crippen molar-refractivity contribution in [3.63, 3.8) is 0 Å². The number of anilines is 1. The molecule has 1 aromatic rings. The number of sulfonamides is 1. The Morgan fingerprint density at radius 3 is 2.67 bits per heavy atom. The lowest BCUT2D eigenvalue weighted by Crippen LogP contribution is -2.38. The summed E-state index contributed by atoms with van der Waals surface area (Å²) in [6.07, 6.45) is 2.39. The van der Waals surface area contributed by atoms with Crippen molar-refractivity contribution in [3.05, 3.63) is 29.8 Å². The number of para-hydroxylation sites is 1. The Kier molecular flexibility index (Phi) is 3.30. The van der Waals surface area contributed by atoms with Gasteiger partial charge in [-0.05, 0) is 24.5 Å². The fourth-order valence-electron chi connectivity index (χ4n) is 2.23. The maximum atomic E-state index is 11.8. The van der Waals surface area contributed by atoms with Crippen molar-refractivity contribution in [2.45, 2.75) is 12.8 Å². The molecule has 6 heteroatoms. The standard InChI is InChI=1S/C12H16N2O3S/c1-18(16,17)14-8-10(12(13)15)7-6-9-4-2-3-5-11(9)14/h2-5,10H,6-8H2,1H3,(H2,13,15). The molecule has 0 saturated heterocycles. The van der Waals surface area contributed by atoms with E-state index in [1.165, 1.54) is 4.31 Å². The number of aryl methyl sites for hydroxylation is 1. The highest BCUT2D eigenvalue weighted by molar-refractivity contribution is 7.92. The quantitative estimate of drug-likeness (QED) is 0.848. The number of hydrogen-bond donors (Lipinski definition) is 1. The van der Waals surface area contributed by atoms with Gasteiger partial charge in [0.2, 0.25) is 15.9 Å². The summed E-state index contributed by atoms with van der Waals surface area (Å²) in [4.78, 5) is 11.3. The van der Waals surface area contributed by atoms with Gasteiger partial charge in [-0.3, -0.25) is 9.10 Å². The van der Waals surface area contributed by atoms with Gasteiger partial charge in [-0.1, -0.05) is 18.2 Å². The monoisotopic (exact) mass is 268 g/mol. The fourth-order valence-corrected chi connectivity index (χ4v) is 3.22. The van der Waals surface area contributed by atoms with Gasteiger partial charge in [0.15, 0.2) is 0 Å². The molecule has 18 heavy (non-hydrogen) atoms. The van der Waals surface area contributed by atoms with Crippen LogP contribution in [0.3, 0.4) is 0 Å². The molecular formula is C12H16N2O3S. The number of hydrogen-bond acceptors (Lipinski definition) is 3. The van der Waals surface area contributed by atoms with Crippen molar-refractivity contribution >= 4 is 21.6 Å². The first kappa shape index (κ1) is 12.9. The SMILES string of the molecule is CS(=O)(=O)N1CC(C(N)=O)CCc2ccccc21. The Bertz CT molecular complexity index is 568. The van der Waals surface area contributed by atoms with Crippen molar-refractivity contribution in [1.82, 2.24) is 0 Å². The third-order valence-corrected chi connectivity index (χ3v) is 4.36. The largest absolute Gasteiger partial charge is 0.369 e. The highest BCUT2D eigenvalue weighted by atomic mass is 32.2. The molecule has 0 fully saturated rings. The maximum Gasteiger partial charge on any atom is 0.232 e. The third kappa shape index (κ3) is 2.48. The van der Waals surface area contributed by atoms with Gasteiger partial charge in [-0.25, -0.2) is 8.42 Å². The van der Waals surface area contributed by atoms with Crippen molar-refractivity contribution in [1.29, 1.82) is 0 Å². The van der Waals surface area contributed by atoms with E-state index in [0.717, 1.165) is 11.8 Å². The number of nitrogens with two attached hydrogens (primary N) is 1. The van der Waals surface area contributed by atoms with E-state index in [4.69, 9.17) is 5.73 Å². The van der Waals surface area contributed by atoms with Gasteiger partial charge in [0, 0.05) is 6.54 Å². The smallest absolute Gasteiger partial charge is 0.232 e. The van der Waals surface area contributed by atoms with Gasteiger partial charge >= 0.3 is 0 Å². The number of amides is 1. The summed E-state index contributed by atoms with van der Waals surface area (Å²) in [6, 6.07) is 7.31. The minimum absolute atomic E-state index is 0.130. The molecule has 1 amide bonds. The van der Waals surface area contributed by atoms with E-state index in [0.29, 0.717) is 18.5 Å².